The van der Waals surface area contributed by atoms with Gasteiger partial charge >= 0.3 is 5.97 Å². The number of nitrogens with one attached hydrogen (secondary N) is 1. The van der Waals surface area contributed by atoms with Crippen molar-refractivity contribution in [2.75, 3.05) is 13.7 Å². The molecule has 0 atom stereocenters. The van der Waals surface area contributed by atoms with E-state index in [0.717, 1.165) is 11.1 Å². The summed E-state index contributed by atoms with van der Waals surface area (Å²) in [6.07, 6.45) is 0. The molecule has 2 aromatic carbocycles. The van der Waals surface area contributed by atoms with Crippen molar-refractivity contribution in [3.05, 3.63) is 57.6 Å². The van der Waals surface area contributed by atoms with Crippen molar-refractivity contribution in [2.24, 2.45) is 5.10 Å². The maximum Gasteiger partial charge on any atom is 0.359 e. The van der Waals surface area contributed by atoms with Crippen molar-refractivity contribution in [1.29, 1.82) is 0 Å². The Morgan fingerprint density at radius 1 is 1.14 bits per heavy atom. The van der Waals surface area contributed by atoms with Gasteiger partial charge in [-0.3, -0.25) is 0 Å². The molecule has 0 saturated heterocycles. The highest BCUT2D eigenvalue weighted by molar-refractivity contribution is 9.10. The number of benzene rings is 2. The number of hydrazone groups is 1. The average Bonchev–Trinajstić information content (AvgIpc) is 2.63. The lowest BCUT2D eigenvalue weighted by Crippen LogP contribution is -2.26. The molecule has 0 unspecified atom stereocenters. The van der Waals surface area contributed by atoms with Gasteiger partial charge in [-0.25, -0.2) is 4.79 Å². The summed E-state index contributed by atoms with van der Waals surface area (Å²) in [5.41, 5.74) is 1.87. The summed E-state index contributed by atoms with van der Waals surface area (Å²) in [4.78, 5) is 14.6. The molecule has 28 heavy (non-hydrogen) atoms. The van der Waals surface area contributed by atoms with Crippen molar-refractivity contribution in [1.82, 2.24) is 4.83 Å². The van der Waals surface area contributed by atoms with Crippen LogP contribution in [0.3, 0.4) is 0 Å². The fourth-order valence-electron chi connectivity index (χ4n) is 2.38. The van der Waals surface area contributed by atoms with E-state index in [1.165, 1.54) is 19.2 Å². The predicted molar refractivity (Wildman–Crippen MR) is 110 cm³/mol. The number of esters is 1. The molecule has 0 saturated carbocycles. The number of hydrogen-bond acceptors (Lipinski definition) is 6. The van der Waals surface area contributed by atoms with E-state index in [2.05, 4.69) is 25.9 Å². The van der Waals surface area contributed by atoms with Gasteiger partial charge in [0.2, 0.25) is 0 Å². The average molecular weight is 469 g/mol. The maximum absolute atomic E-state index is 12.5. The largest absolute Gasteiger partial charge is 0.496 e. The van der Waals surface area contributed by atoms with Gasteiger partial charge in [0.1, 0.15) is 5.75 Å². The number of hydrogen-bond donors (Lipinski definition) is 1. The van der Waals surface area contributed by atoms with Crippen molar-refractivity contribution in [3.63, 3.8) is 0 Å². The molecule has 7 nitrogen and oxygen atoms in total. The normalized spacial score (nSPS) is 11.8. The molecule has 1 N–H and O–H groups in total. The number of rotatable bonds is 7. The Balaban J connectivity index is 2.53. The monoisotopic (exact) mass is 468 g/mol. The molecule has 0 aromatic heterocycles. The molecule has 0 heterocycles. The fraction of sp³-hybridized carbons (Fsp3) is 0.263. The highest BCUT2D eigenvalue weighted by Crippen LogP contribution is 2.30. The lowest BCUT2D eigenvalue weighted by atomic mass is 10.1. The van der Waals surface area contributed by atoms with E-state index in [1.54, 1.807) is 31.2 Å². The van der Waals surface area contributed by atoms with E-state index >= 15 is 0 Å². The van der Waals surface area contributed by atoms with Crippen LogP contribution in [0, 0.1) is 13.8 Å². The van der Waals surface area contributed by atoms with Gasteiger partial charge in [-0.2, -0.15) is 18.4 Å². The lowest BCUT2D eigenvalue weighted by molar-refractivity contribution is -0.134. The Labute approximate surface area is 172 Å². The summed E-state index contributed by atoms with van der Waals surface area (Å²) in [7, 11) is -2.52. The van der Waals surface area contributed by atoms with E-state index in [0.29, 0.717) is 10.2 Å². The number of methoxy groups -OCH3 is 1. The number of nitrogens with zero attached hydrogens (tertiary/aromatic N) is 1. The number of halogens is 1. The van der Waals surface area contributed by atoms with E-state index < -0.39 is 16.0 Å². The van der Waals surface area contributed by atoms with Crippen LogP contribution in [0.25, 0.3) is 0 Å². The van der Waals surface area contributed by atoms with Gasteiger partial charge < -0.3 is 9.47 Å². The minimum absolute atomic E-state index is 0.0278. The molecule has 150 valence electrons. The quantitative estimate of drug-likeness (QED) is 0.382. The van der Waals surface area contributed by atoms with Crippen LogP contribution in [0.2, 0.25) is 0 Å². The van der Waals surface area contributed by atoms with E-state index in [-0.39, 0.29) is 22.8 Å². The minimum Gasteiger partial charge on any atom is -0.496 e. The first-order valence-electron chi connectivity index (χ1n) is 8.37. The molecular formula is C19H21BrN2O5S. The van der Waals surface area contributed by atoms with Crippen LogP contribution in [0.4, 0.5) is 0 Å². The van der Waals surface area contributed by atoms with Crippen LogP contribution >= 0.6 is 15.9 Å². The zero-order valence-corrected chi connectivity index (χ0v) is 18.3. The SMILES string of the molecule is CCOC(=O)/C(=N/NS(=O)(=O)c1ccc(C)cc1)c1c(Br)cc(C)cc1OC. The molecule has 0 aliphatic heterocycles. The third-order valence-corrected chi connectivity index (χ3v) is 5.58. The Morgan fingerprint density at radius 2 is 1.79 bits per heavy atom. The van der Waals surface area contributed by atoms with Crippen LogP contribution < -0.4 is 9.57 Å². The molecule has 2 rings (SSSR count). The summed E-state index contributed by atoms with van der Waals surface area (Å²) in [5, 5.41) is 3.88. The van der Waals surface area contributed by atoms with Gasteiger partial charge in [-0.15, -0.1) is 0 Å². The molecule has 2 aromatic rings. The predicted octanol–water partition coefficient (Wildman–Crippen LogP) is 3.32. The van der Waals surface area contributed by atoms with Gasteiger partial charge in [-0.1, -0.05) is 17.7 Å². The summed E-state index contributed by atoms with van der Waals surface area (Å²) < 4.78 is 36.0. The zero-order chi connectivity index (χ0) is 20.9. The molecule has 0 aliphatic rings. The molecule has 0 radical (unpaired) electrons. The fourth-order valence-corrected chi connectivity index (χ4v) is 3.94. The lowest BCUT2D eigenvalue weighted by Gasteiger charge is -2.14. The van der Waals surface area contributed by atoms with Gasteiger partial charge in [0, 0.05) is 4.47 Å². The van der Waals surface area contributed by atoms with E-state index in [9.17, 15) is 13.2 Å². The number of carbonyl (C=O) groups excluding carboxylic acids is 1. The van der Waals surface area contributed by atoms with Gasteiger partial charge in [0.05, 0.1) is 24.2 Å². The van der Waals surface area contributed by atoms with Crippen LogP contribution in [-0.2, 0) is 19.6 Å². The molecule has 0 aliphatic carbocycles. The van der Waals surface area contributed by atoms with Crippen molar-refractivity contribution in [3.8, 4) is 5.75 Å². The zero-order valence-electron chi connectivity index (χ0n) is 15.9. The first kappa shape index (κ1) is 21.9. The van der Waals surface area contributed by atoms with Crippen LogP contribution in [0.1, 0.15) is 23.6 Å². The molecule has 0 fully saturated rings. The highest BCUT2D eigenvalue weighted by Gasteiger charge is 2.24. The molecule has 9 heteroatoms. The molecular weight excluding hydrogens is 448 g/mol. The Kier molecular flexibility index (Phi) is 7.20. The third kappa shape index (κ3) is 5.11. The van der Waals surface area contributed by atoms with E-state index in [1.807, 2.05) is 13.8 Å². The second-order valence-electron chi connectivity index (χ2n) is 5.91. The smallest absolute Gasteiger partial charge is 0.359 e. The Bertz CT molecular complexity index is 1000. The summed E-state index contributed by atoms with van der Waals surface area (Å²) in [5.74, 6) is -0.426. The summed E-state index contributed by atoms with van der Waals surface area (Å²) >= 11 is 3.39. The Morgan fingerprint density at radius 3 is 2.36 bits per heavy atom. The van der Waals surface area contributed by atoms with Gasteiger partial charge in [-0.05, 0) is 66.5 Å². The number of ether oxygens (including phenoxy) is 2. The molecule has 0 amide bonds. The molecule has 0 bridgehead atoms. The maximum atomic E-state index is 12.5. The number of sulfonamides is 1. The van der Waals surface area contributed by atoms with Crippen molar-refractivity contribution >= 4 is 37.6 Å². The standard InChI is InChI=1S/C19H21BrN2O5S/c1-5-27-19(23)18(17-15(20)10-13(3)11-16(17)26-4)21-22-28(24,25)14-8-6-12(2)7-9-14/h6-11,22H,5H2,1-4H3/b21-18+. The van der Waals surface area contributed by atoms with Crippen LogP contribution in [0.5, 0.6) is 5.75 Å². The van der Waals surface area contributed by atoms with Crippen LogP contribution in [-0.4, -0.2) is 33.8 Å². The minimum atomic E-state index is -3.97. The highest BCUT2D eigenvalue weighted by atomic mass is 79.9. The molecule has 0 spiro atoms. The summed E-state index contributed by atoms with van der Waals surface area (Å²) in [6.45, 7) is 5.46. The Hall–Kier alpha value is -2.39. The van der Waals surface area contributed by atoms with Crippen LogP contribution in [0.15, 0.2) is 50.9 Å². The second kappa shape index (κ2) is 9.20. The second-order valence-corrected chi connectivity index (χ2v) is 8.43. The first-order valence-corrected chi connectivity index (χ1v) is 10.6. The van der Waals surface area contributed by atoms with E-state index in [4.69, 9.17) is 9.47 Å². The van der Waals surface area contributed by atoms with Gasteiger partial charge in [0.25, 0.3) is 10.0 Å². The topological polar surface area (TPSA) is 94.1 Å². The number of aryl methyl sites for hydroxylation is 2. The first-order chi connectivity index (χ1) is 13.2. The third-order valence-electron chi connectivity index (χ3n) is 3.73. The summed E-state index contributed by atoms with van der Waals surface area (Å²) in [6, 6.07) is 9.73. The van der Waals surface area contributed by atoms with Gasteiger partial charge in [0.15, 0.2) is 5.71 Å². The number of carbonyl (C=O) groups is 1. The van der Waals surface area contributed by atoms with Crippen molar-refractivity contribution < 1.29 is 22.7 Å². The van der Waals surface area contributed by atoms with Crippen molar-refractivity contribution in [2.45, 2.75) is 25.7 Å².